The van der Waals surface area contributed by atoms with Gasteiger partial charge in [0.2, 0.25) is 0 Å². The zero-order chi connectivity index (χ0) is 12.5. The Balaban J connectivity index is 2.49. The molecule has 0 aliphatic carbocycles. The molecule has 2 aromatic rings. The van der Waals surface area contributed by atoms with Crippen molar-refractivity contribution < 1.29 is 13.2 Å². The molecule has 1 heterocycles. The summed E-state index contributed by atoms with van der Waals surface area (Å²) in [6.07, 6.45) is -4.02. The van der Waals surface area contributed by atoms with Gasteiger partial charge in [0.1, 0.15) is 9.88 Å². The Morgan fingerprint density at radius 3 is 2.29 bits per heavy atom. The van der Waals surface area contributed by atoms with E-state index in [9.17, 15) is 13.2 Å². The number of hydrogen-bond acceptors (Lipinski definition) is 2. The van der Waals surface area contributed by atoms with Gasteiger partial charge in [0.05, 0.1) is 5.69 Å². The molecule has 0 saturated carbocycles. The number of rotatable bonds is 2. The summed E-state index contributed by atoms with van der Waals surface area (Å²) in [4.78, 5) is 3.48. The van der Waals surface area contributed by atoms with Crippen LogP contribution < -0.4 is 0 Å². The van der Waals surface area contributed by atoms with Crippen LogP contribution in [0.15, 0.2) is 30.3 Å². The van der Waals surface area contributed by atoms with Gasteiger partial charge < -0.3 is 0 Å². The summed E-state index contributed by atoms with van der Waals surface area (Å²) in [5, 5.41) is 0.426. The first-order chi connectivity index (χ1) is 8.02. The largest absolute Gasteiger partial charge is 0.427 e. The van der Waals surface area contributed by atoms with E-state index in [4.69, 9.17) is 0 Å². The van der Waals surface area contributed by atoms with E-state index in [1.807, 2.05) is 6.07 Å². The number of thiazole rings is 1. The van der Waals surface area contributed by atoms with E-state index in [1.165, 1.54) is 0 Å². The summed E-state index contributed by atoms with van der Waals surface area (Å²) in [6, 6.07) is 8.92. The highest BCUT2D eigenvalue weighted by Gasteiger charge is 2.36. The molecular weight excluding hydrogens is 247 g/mol. The van der Waals surface area contributed by atoms with Crippen LogP contribution in [0.4, 0.5) is 13.2 Å². The lowest BCUT2D eigenvalue weighted by Crippen LogP contribution is -2.05. The van der Waals surface area contributed by atoms with Crippen LogP contribution in [0.1, 0.15) is 17.5 Å². The molecule has 90 valence electrons. The van der Waals surface area contributed by atoms with Gasteiger partial charge in [-0.3, -0.25) is 0 Å². The van der Waals surface area contributed by atoms with E-state index < -0.39 is 11.1 Å². The number of halogens is 3. The van der Waals surface area contributed by atoms with Crippen LogP contribution in [0.25, 0.3) is 10.6 Å². The third kappa shape index (κ3) is 2.49. The van der Waals surface area contributed by atoms with Crippen LogP contribution in [0, 0.1) is 0 Å². The Morgan fingerprint density at radius 2 is 1.82 bits per heavy atom. The molecule has 0 bridgehead atoms. The fraction of sp³-hybridized carbons (Fsp3) is 0.250. The molecule has 0 atom stereocenters. The molecule has 0 amide bonds. The van der Waals surface area contributed by atoms with Crippen molar-refractivity contribution in [2.24, 2.45) is 0 Å². The maximum Gasteiger partial charge on any atom is 0.427 e. The summed E-state index contributed by atoms with van der Waals surface area (Å²) in [5.74, 6) is 0. The minimum atomic E-state index is -4.31. The Hall–Kier alpha value is -1.36. The second-order valence-electron chi connectivity index (χ2n) is 3.51. The summed E-state index contributed by atoms with van der Waals surface area (Å²) < 4.78 is 38.2. The number of benzene rings is 1. The first-order valence-corrected chi connectivity index (χ1v) is 5.96. The van der Waals surface area contributed by atoms with Crippen molar-refractivity contribution in [1.82, 2.24) is 4.98 Å². The van der Waals surface area contributed by atoms with Gasteiger partial charge in [0.25, 0.3) is 0 Å². The van der Waals surface area contributed by atoms with Gasteiger partial charge in [-0.05, 0) is 6.42 Å². The van der Waals surface area contributed by atoms with E-state index in [0.29, 0.717) is 16.3 Å². The molecule has 0 spiro atoms. The van der Waals surface area contributed by atoms with E-state index in [0.717, 1.165) is 5.56 Å². The average Bonchev–Trinajstić information content (AvgIpc) is 2.74. The summed E-state index contributed by atoms with van der Waals surface area (Å²) in [7, 11) is 0. The smallest absolute Gasteiger partial charge is 0.240 e. The van der Waals surface area contributed by atoms with Gasteiger partial charge >= 0.3 is 6.18 Å². The fourth-order valence-electron chi connectivity index (χ4n) is 1.52. The standard InChI is InChI=1S/C12H10F3NS/c1-2-9-10(12(13,14)15)17-11(16-9)8-6-4-3-5-7-8/h3-7H,2H2,1H3. The summed E-state index contributed by atoms with van der Waals surface area (Å²) in [6.45, 7) is 1.68. The van der Waals surface area contributed by atoms with E-state index in [-0.39, 0.29) is 12.1 Å². The fourth-order valence-corrected chi connectivity index (χ4v) is 2.54. The van der Waals surface area contributed by atoms with Crippen molar-refractivity contribution in [2.45, 2.75) is 19.5 Å². The quantitative estimate of drug-likeness (QED) is 0.777. The molecule has 2 rings (SSSR count). The van der Waals surface area contributed by atoms with Crippen molar-refractivity contribution >= 4 is 11.3 Å². The zero-order valence-electron chi connectivity index (χ0n) is 9.08. The molecule has 0 N–H and O–H groups in total. The average molecular weight is 257 g/mol. The van der Waals surface area contributed by atoms with Crippen LogP contribution in [0.5, 0.6) is 0 Å². The second kappa shape index (κ2) is 4.49. The third-order valence-corrected chi connectivity index (χ3v) is 3.50. The molecule has 0 aliphatic rings. The molecule has 0 unspecified atom stereocenters. The van der Waals surface area contributed by atoms with Crippen molar-refractivity contribution in [2.75, 3.05) is 0 Å². The topological polar surface area (TPSA) is 12.9 Å². The molecule has 1 nitrogen and oxygen atoms in total. The van der Waals surface area contributed by atoms with Gasteiger partial charge in [0.15, 0.2) is 0 Å². The third-order valence-electron chi connectivity index (χ3n) is 2.31. The Kier molecular flexibility index (Phi) is 3.19. The highest BCUT2D eigenvalue weighted by atomic mass is 32.1. The lowest BCUT2D eigenvalue weighted by atomic mass is 10.2. The molecule has 1 aromatic carbocycles. The number of nitrogens with zero attached hydrogens (tertiary/aromatic N) is 1. The molecule has 0 radical (unpaired) electrons. The molecule has 0 fully saturated rings. The van der Waals surface area contributed by atoms with Gasteiger partial charge in [-0.25, -0.2) is 4.98 Å². The highest BCUT2D eigenvalue weighted by Crippen LogP contribution is 2.39. The molecule has 1 aromatic heterocycles. The van der Waals surface area contributed by atoms with Crippen LogP contribution >= 0.6 is 11.3 Å². The van der Waals surface area contributed by atoms with Gasteiger partial charge in [0, 0.05) is 5.56 Å². The monoisotopic (exact) mass is 257 g/mol. The maximum atomic E-state index is 12.7. The minimum absolute atomic E-state index is 0.126. The molecule has 0 aliphatic heterocycles. The number of aromatic nitrogens is 1. The van der Waals surface area contributed by atoms with Crippen molar-refractivity contribution in [3.05, 3.63) is 40.9 Å². The van der Waals surface area contributed by atoms with Gasteiger partial charge in [-0.15, -0.1) is 11.3 Å². The number of aryl methyl sites for hydroxylation is 1. The first-order valence-electron chi connectivity index (χ1n) is 5.14. The SMILES string of the molecule is CCc1nc(-c2ccccc2)sc1C(F)(F)F. The minimum Gasteiger partial charge on any atom is -0.240 e. The number of alkyl halides is 3. The van der Waals surface area contributed by atoms with Crippen LogP contribution in [-0.2, 0) is 12.6 Å². The molecule has 5 heteroatoms. The predicted molar refractivity (Wildman–Crippen MR) is 61.9 cm³/mol. The highest BCUT2D eigenvalue weighted by molar-refractivity contribution is 7.15. The first kappa shape index (κ1) is 12.1. The van der Waals surface area contributed by atoms with Crippen LogP contribution in [-0.4, -0.2) is 4.98 Å². The van der Waals surface area contributed by atoms with Gasteiger partial charge in [-0.1, -0.05) is 37.3 Å². The lowest BCUT2D eigenvalue weighted by Gasteiger charge is -2.03. The molecule has 0 saturated heterocycles. The van der Waals surface area contributed by atoms with Crippen LogP contribution in [0.2, 0.25) is 0 Å². The van der Waals surface area contributed by atoms with Crippen molar-refractivity contribution in [3.63, 3.8) is 0 Å². The number of hydrogen-bond donors (Lipinski definition) is 0. The second-order valence-corrected chi connectivity index (χ2v) is 4.51. The van der Waals surface area contributed by atoms with Crippen LogP contribution in [0.3, 0.4) is 0 Å². The summed E-state index contributed by atoms with van der Waals surface area (Å²) >= 11 is 0.708. The Bertz CT molecular complexity index is 502. The Labute approximate surface area is 101 Å². The van der Waals surface area contributed by atoms with Crippen molar-refractivity contribution in [1.29, 1.82) is 0 Å². The van der Waals surface area contributed by atoms with E-state index in [1.54, 1.807) is 31.2 Å². The molecular formula is C12H10F3NS. The maximum absolute atomic E-state index is 12.7. The van der Waals surface area contributed by atoms with E-state index in [2.05, 4.69) is 4.98 Å². The molecule has 17 heavy (non-hydrogen) atoms. The van der Waals surface area contributed by atoms with E-state index >= 15 is 0 Å². The normalized spacial score (nSPS) is 11.8. The Morgan fingerprint density at radius 1 is 1.18 bits per heavy atom. The van der Waals surface area contributed by atoms with Crippen molar-refractivity contribution in [3.8, 4) is 10.6 Å². The summed E-state index contributed by atoms with van der Waals surface area (Å²) in [5.41, 5.74) is 0.851. The zero-order valence-corrected chi connectivity index (χ0v) is 9.90. The predicted octanol–water partition coefficient (Wildman–Crippen LogP) is 4.39. The lowest BCUT2D eigenvalue weighted by molar-refractivity contribution is -0.135. The van der Waals surface area contributed by atoms with Gasteiger partial charge in [-0.2, -0.15) is 13.2 Å².